The van der Waals surface area contributed by atoms with Crippen LogP contribution in [-0.2, 0) is 4.74 Å². The largest absolute Gasteiger partial charge is 0.446 e. The molecule has 0 aliphatic heterocycles. The van der Waals surface area contributed by atoms with E-state index in [4.69, 9.17) is 16.3 Å². The first-order valence-corrected chi connectivity index (χ1v) is 4.91. The lowest BCUT2D eigenvalue weighted by Crippen LogP contribution is -2.07. The summed E-state index contributed by atoms with van der Waals surface area (Å²) in [7, 11) is 0. The molecule has 0 fully saturated rings. The van der Waals surface area contributed by atoms with E-state index in [0.717, 1.165) is 0 Å². The van der Waals surface area contributed by atoms with E-state index in [1.165, 1.54) is 13.0 Å². The molecule has 0 spiro atoms. The molecule has 0 saturated carbocycles. The van der Waals surface area contributed by atoms with Gasteiger partial charge in [0, 0.05) is 17.7 Å². The van der Waals surface area contributed by atoms with Gasteiger partial charge in [-0.2, -0.15) is 0 Å². The van der Waals surface area contributed by atoms with Crippen molar-refractivity contribution in [2.24, 2.45) is 0 Å². The van der Waals surface area contributed by atoms with Crippen molar-refractivity contribution in [3.63, 3.8) is 0 Å². The number of aryl methyl sites for hydroxylation is 1. The maximum atomic E-state index is 10.8. The third-order valence-electron chi connectivity index (χ3n) is 2.17. The van der Waals surface area contributed by atoms with Gasteiger partial charge in [-0.05, 0) is 19.4 Å². The normalized spacial score (nSPS) is 11.9. The summed E-state index contributed by atoms with van der Waals surface area (Å²) in [5.74, 6) is 0. The molecule has 0 aliphatic carbocycles. The maximum absolute atomic E-state index is 10.8. The van der Waals surface area contributed by atoms with Gasteiger partial charge in [0.25, 0.3) is 5.69 Å². The molecular weight excluding hydrogens is 234 g/mol. The second kappa shape index (κ2) is 4.94. The van der Waals surface area contributed by atoms with Gasteiger partial charge < -0.3 is 4.74 Å². The first-order chi connectivity index (χ1) is 7.43. The maximum Gasteiger partial charge on any atom is 0.404 e. The van der Waals surface area contributed by atoms with Crippen LogP contribution in [0.1, 0.15) is 24.2 Å². The second-order valence-corrected chi connectivity index (χ2v) is 3.57. The number of nitro benzene ring substituents is 1. The number of nitro groups is 1. The Balaban J connectivity index is 3.19. The zero-order valence-corrected chi connectivity index (χ0v) is 9.52. The molecular formula is C10H10ClNO4. The molecule has 0 aromatic heterocycles. The Kier molecular flexibility index (Phi) is 3.84. The molecule has 1 aromatic carbocycles. The van der Waals surface area contributed by atoms with Crippen molar-refractivity contribution in [1.29, 1.82) is 0 Å². The summed E-state index contributed by atoms with van der Waals surface area (Å²) >= 11 is 5.08. The van der Waals surface area contributed by atoms with Crippen molar-refractivity contribution >= 4 is 22.7 Å². The van der Waals surface area contributed by atoms with Crippen LogP contribution in [0.5, 0.6) is 0 Å². The van der Waals surface area contributed by atoms with E-state index in [1.54, 1.807) is 19.1 Å². The van der Waals surface area contributed by atoms with Gasteiger partial charge in [-0.3, -0.25) is 10.1 Å². The number of hydrogen-bond acceptors (Lipinski definition) is 4. The fourth-order valence-corrected chi connectivity index (χ4v) is 1.68. The first-order valence-electron chi connectivity index (χ1n) is 4.53. The van der Waals surface area contributed by atoms with Crippen LogP contribution in [0.2, 0.25) is 0 Å². The summed E-state index contributed by atoms with van der Waals surface area (Å²) in [4.78, 5) is 20.9. The lowest BCUT2D eigenvalue weighted by atomic mass is 10.0. The van der Waals surface area contributed by atoms with Crippen molar-refractivity contribution in [2.75, 3.05) is 0 Å². The summed E-state index contributed by atoms with van der Waals surface area (Å²) < 4.78 is 4.73. The van der Waals surface area contributed by atoms with Crippen LogP contribution in [0, 0.1) is 17.0 Å². The summed E-state index contributed by atoms with van der Waals surface area (Å²) in [6.07, 6.45) is -0.744. The standard InChI is InChI=1S/C10H10ClNO4/c1-6-4-3-5-8(12(14)15)9(6)7(2)16-10(11)13/h3-5,7H,1-2H3. The van der Waals surface area contributed by atoms with E-state index < -0.39 is 16.5 Å². The lowest BCUT2D eigenvalue weighted by Gasteiger charge is -2.13. The average Bonchev–Trinajstić information content (AvgIpc) is 2.15. The molecule has 0 N–H and O–H groups in total. The molecule has 0 aliphatic rings. The lowest BCUT2D eigenvalue weighted by molar-refractivity contribution is -0.386. The Bertz CT molecular complexity index is 433. The van der Waals surface area contributed by atoms with Gasteiger partial charge in [-0.15, -0.1) is 0 Å². The fourth-order valence-electron chi connectivity index (χ4n) is 1.55. The van der Waals surface area contributed by atoms with E-state index in [0.29, 0.717) is 11.1 Å². The van der Waals surface area contributed by atoms with Crippen molar-refractivity contribution in [1.82, 2.24) is 0 Å². The highest BCUT2D eigenvalue weighted by atomic mass is 35.5. The summed E-state index contributed by atoms with van der Waals surface area (Å²) in [6.45, 7) is 3.25. The van der Waals surface area contributed by atoms with Crippen molar-refractivity contribution in [2.45, 2.75) is 20.0 Å². The molecule has 0 bridgehead atoms. The van der Waals surface area contributed by atoms with E-state index >= 15 is 0 Å². The van der Waals surface area contributed by atoms with Crippen LogP contribution in [-0.4, -0.2) is 10.4 Å². The predicted octanol–water partition coefficient (Wildman–Crippen LogP) is 3.34. The van der Waals surface area contributed by atoms with Gasteiger partial charge >= 0.3 is 5.43 Å². The molecule has 1 unspecified atom stereocenters. The zero-order chi connectivity index (χ0) is 12.3. The highest BCUT2D eigenvalue weighted by molar-refractivity contribution is 6.61. The van der Waals surface area contributed by atoms with Gasteiger partial charge in [0.15, 0.2) is 0 Å². The number of ether oxygens (including phenoxy) is 1. The van der Waals surface area contributed by atoms with E-state index in [9.17, 15) is 14.9 Å². The quantitative estimate of drug-likeness (QED) is 0.464. The van der Waals surface area contributed by atoms with Crippen LogP contribution in [0.15, 0.2) is 18.2 Å². The Morgan fingerprint density at radius 2 is 2.19 bits per heavy atom. The fraction of sp³-hybridized carbons (Fsp3) is 0.300. The number of benzene rings is 1. The summed E-state index contributed by atoms with van der Waals surface area (Å²) in [6, 6.07) is 4.65. The Morgan fingerprint density at radius 1 is 1.56 bits per heavy atom. The highest BCUT2D eigenvalue weighted by Gasteiger charge is 2.23. The summed E-state index contributed by atoms with van der Waals surface area (Å²) in [5.41, 5.74) is -0.0171. The highest BCUT2D eigenvalue weighted by Crippen LogP contribution is 2.30. The van der Waals surface area contributed by atoms with Crippen LogP contribution >= 0.6 is 11.6 Å². The molecule has 16 heavy (non-hydrogen) atoms. The van der Waals surface area contributed by atoms with E-state index in [-0.39, 0.29) is 5.69 Å². The minimum atomic E-state index is -0.981. The van der Waals surface area contributed by atoms with Gasteiger partial charge in [-0.1, -0.05) is 12.1 Å². The molecule has 1 rings (SSSR count). The molecule has 1 aromatic rings. The van der Waals surface area contributed by atoms with Crippen LogP contribution in [0.25, 0.3) is 0 Å². The zero-order valence-electron chi connectivity index (χ0n) is 8.77. The first kappa shape index (κ1) is 12.4. The number of nitrogens with zero attached hydrogens (tertiary/aromatic N) is 1. The number of carbonyl (C=O) groups is 1. The van der Waals surface area contributed by atoms with Crippen LogP contribution < -0.4 is 0 Å². The molecule has 0 amide bonds. The molecule has 6 heteroatoms. The number of halogens is 1. The van der Waals surface area contributed by atoms with Crippen LogP contribution in [0.3, 0.4) is 0 Å². The number of hydrogen-bond donors (Lipinski definition) is 0. The molecule has 0 radical (unpaired) electrons. The number of carbonyl (C=O) groups excluding carboxylic acids is 1. The van der Waals surface area contributed by atoms with Crippen molar-refractivity contribution in [3.05, 3.63) is 39.4 Å². The number of rotatable bonds is 3. The SMILES string of the molecule is Cc1cccc([N+](=O)[O-])c1C(C)OC(=O)Cl. The minimum Gasteiger partial charge on any atom is -0.446 e. The van der Waals surface area contributed by atoms with E-state index in [2.05, 4.69) is 0 Å². The molecule has 86 valence electrons. The van der Waals surface area contributed by atoms with Gasteiger partial charge in [0.05, 0.1) is 10.5 Å². The van der Waals surface area contributed by atoms with Gasteiger partial charge in [-0.25, -0.2) is 4.79 Å². The van der Waals surface area contributed by atoms with Crippen molar-refractivity contribution < 1.29 is 14.5 Å². The average molecular weight is 244 g/mol. The molecule has 0 heterocycles. The predicted molar refractivity (Wildman–Crippen MR) is 58.6 cm³/mol. The molecule has 5 nitrogen and oxygen atoms in total. The van der Waals surface area contributed by atoms with Gasteiger partial charge in [0.2, 0.25) is 0 Å². The van der Waals surface area contributed by atoms with Crippen molar-refractivity contribution in [3.8, 4) is 0 Å². The summed E-state index contributed by atoms with van der Waals surface area (Å²) in [5, 5.41) is 10.8. The third kappa shape index (κ3) is 2.70. The molecule has 0 saturated heterocycles. The van der Waals surface area contributed by atoms with Crippen LogP contribution in [0.4, 0.5) is 10.5 Å². The Labute approximate surface area is 97.1 Å². The third-order valence-corrected chi connectivity index (χ3v) is 2.26. The minimum absolute atomic E-state index is 0.0783. The monoisotopic (exact) mass is 243 g/mol. The van der Waals surface area contributed by atoms with Gasteiger partial charge in [0.1, 0.15) is 6.10 Å². The van der Waals surface area contributed by atoms with E-state index in [1.807, 2.05) is 0 Å². The smallest absolute Gasteiger partial charge is 0.404 e. The Hall–Kier alpha value is -1.62. The second-order valence-electron chi connectivity index (χ2n) is 3.26. The Morgan fingerprint density at radius 3 is 2.69 bits per heavy atom. The molecule has 1 atom stereocenters. The topological polar surface area (TPSA) is 69.4 Å².